The van der Waals surface area contributed by atoms with Crippen molar-refractivity contribution in [3.63, 3.8) is 0 Å². The summed E-state index contributed by atoms with van der Waals surface area (Å²) in [6, 6.07) is 7.45. The van der Waals surface area contributed by atoms with Gasteiger partial charge in [0, 0.05) is 15.1 Å². The minimum Gasteiger partial charge on any atom is -0.438 e. The van der Waals surface area contributed by atoms with E-state index in [4.69, 9.17) is 16.3 Å². The average molecular weight is 377 g/mol. The quantitative estimate of drug-likeness (QED) is 0.703. The summed E-state index contributed by atoms with van der Waals surface area (Å²) in [4.78, 5) is 4.11. The first-order valence-corrected chi connectivity index (χ1v) is 6.78. The zero-order valence-corrected chi connectivity index (χ0v) is 12.8. The maximum atomic E-state index is 6.02. The first-order chi connectivity index (χ1) is 8.06. The number of nitrogens with zero attached hydrogens (tertiary/aromatic N) is 1. The molecule has 0 saturated heterocycles. The topological polar surface area (TPSA) is 22.1 Å². The molecule has 2 rings (SSSR count). The summed E-state index contributed by atoms with van der Waals surface area (Å²) in [5.74, 6) is 1.11. The first kappa shape index (κ1) is 12.9. The molecule has 0 aliphatic carbocycles. The standard InChI is InChI=1S/C12H8Br2ClNO/c1-7-4-9(2-3-10(7)14)17-12-11(15)5-8(13)6-16-12/h2-6H,1H3. The van der Waals surface area contributed by atoms with Crippen LogP contribution in [0, 0.1) is 6.92 Å². The van der Waals surface area contributed by atoms with Crippen molar-refractivity contribution in [3.8, 4) is 11.6 Å². The maximum absolute atomic E-state index is 6.02. The van der Waals surface area contributed by atoms with Crippen LogP contribution in [0.1, 0.15) is 5.56 Å². The van der Waals surface area contributed by atoms with E-state index < -0.39 is 0 Å². The lowest BCUT2D eigenvalue weighted by Gasteiger charge is -2.07. The molecule has 0 aliphatic heterocycles. The number of benzene rings is 1. The molecule has 1 aromatic carbocycles. The summed E-state index contributed by atoms with van der Waals surface area (Å²) < 4.78 is 7.48. The zero-order valence-electron chi connectivity index (χ0n) is 8.88. The van der Waals surface area contributed by atoms with Crippen LogP contribution in [-0.4, -0.2) is 4.98 Å². The fourth-order valence-corrected chi connectivity index (χ4v) is 2.18. The molecule has 0 aliphatic rings. The molecule has 2 aromatic rings. The van der Waals surface area contributed by atoms with Gasteiger partial charge < -0.3 is 4.74 Å². The normalized spacial score (nSPS) is 10.4. The molecule has 1 heterocycles. The van der Waals surface area contributed by atoms with Gasteiger partial charge in [0.1, 0.15) is 10.8 Å². The number of hydrogen-bond acceptors (Lipinski definition) is 2. The molecule has 1 aromatic heterocycles. The third kappa shape index (κ3) is 3.21. The highest BCUT2D eigenvalue weighted by atomic mass is 79.9. The maximum Gasteiger partial charge on any atom is 0.238 e. The lowest BCUT2D eigenvalue weighted by molar-refractivity contribution is 0.462. The van der Waals surface area contributed by atoms with Gasteiger partial charge in [-0.2, -0.15) is 0 Å². The number of aromatic nitrogens is 1. The number of aryl methyl sites for hydroxylation is 1. The predicted octanol–water partition coefficient (Wildman–Crippen LogP) is 5.36. The van der Waals surface area contributed by atoms with E-state index in [0.29, 0.717) is 16.7 Å². The molecule has 0 bridgehead atoms. The van der Waals surface area contributed by atoms with Gasteiger partial charge >= 0.3 is 0 Å². The Morgan fingerprint density at radius 1 is 1.24 bits per heavy atom. The van der Waals surface area contributed by atoms with Crippen LogP contribution in [0.2, 0.25) is 5.02 Å². The number of rotatable bonds is 2. The van der Waals surface area contributed by atoms with Crippen LogP contribution >= 0.6 is 43.5 Å². The Balaban J connectivity index is 2.28. The molecular weight excluding hydrogens is 369 g/mol. The largest absolute Gasteiger partial charge is 0.438 e. The van der Waals surface area contributed by atoms with E-state index in [1.54, 1.807) is 12.3 Å². The molecule has 5 heteroatoms. The zero-order chi connectivity index (χ0) is 12.4. The van der Waals surface area contributed by atoms with Crippen LogP contribution < -0.4 is 4.74 Å². The predicted molar refractivity (Wildman–Crippen MR) is 75.9 cm³/mol. The third-order valence-electron chi connectivity index (χ3n) is 2.12. The van der Waals surface area contributed by atoms with Crippen LogP contribution in [-0.2, 0) is 0 Å². The summed E-state index contributed by atoms with van der Waals surface area (Å²) in [6.07, 6.45) is 1.65. The summed E-state index contributed by atoms with van der Waals surface area (Å²) in [7, 11) is 0. The van der Waals surface area contributed by atoms with E-state index in [-0.39, 0.29) is 0 Å². The van der Waals surface area contributed by atoms with Gasteiger partial charge in [0.2, 0.25) is 5.88 Å². The van der Waals surface area contributed by atoms with Gasteiger partial charge in [0.25, 0.3) is 0 Å². The smallest absolute Gasteiger partial charge is 0.238 e. The van der Waals surface area contributed by atoms with Crippen LogP contribution in [0.4, 0.5) is 0 Å². The van der Waals surface area contributed by atoms with Crippen molar-refractivity contribution >= 4 is 43.5 Å². The van der Waals surface area contributed by atoms with Crippen molar-refractivity contribution in [1.82, 2.24) is 4.98 Å². The molecule has 0 amide bonds. The van der Waals surface area contributed by atoms with Crippen molar-refractivity contribution in [2.45, 2.75) is 6.92 Å². The van der Waals surface area contributed by atoms with Crippen LogP contribution in [0.15, 0.2) is 39.4 Å². The van der Waals surface area contributed by atoms with E-state index >= 15 is 0 Å². The average Bonchev–Trinajstić information content (AvgIpc) is 2.27. The second-order valence-corrected chi connectivity index (χ2v) is 5.63. The van der Waals surface area contributed by atoms with Gasteiger partial charge in [-0.05, 0) is 52.7 Å². The molecule has 0 spiro atoms. The Morgan fingerprint density at radius 2 is 2.00 bits per heavy atom. The number of hydrogen-bond donors (Lipinski definition) is 0. The molecule has 2 nitrogen and oxygen atoms in total. The summed E-state index contributed by atoms with van der Waals surface area (Å²) in [5.41, 5.74) is 1.09. The van der Waals surface area contributed by atoms with Crippen LogP contribution in [0.5, 0.6) is 11.6 Å². The Labute approximate surface area is 121 Å². The highest BCUT2D eigenvalue weighted by Gasteiger charge is 2.06. The van der Waals surface area contributed by atoms with E-state index in [2.05, 4.69) is 36.8 Å². The minimum absolute atomic E-state index is 0.400. The van der Waals surface area contributed by atoms with E-state index in [1.165, 1.54) is 0 Å². The highest BCUT2D eigenvalue weighted by molar-refractivity contribution is 9.10. The SMILES string of the molecule is Cc1cc(Oc2ncc(Br)cc2Cl)ccc1Br. The first-order valence-electron chi connectivity index (χ1n) is 4.81. The fourth-order valence-electron chi connectivity index (χ4n) is 1.27. The van der Waals surface area contributed by atoms with Crippen molar-refractivity contribution in [2.75, 3.05) is 0 Å². The number of halogens is 3. The Bertz CT molecular complexity index is 560. The number of ether oxygens (including phenoxy) is 1. The van der Waals surface area contributed by atoms with Gasteiger partial charge in [0.05, 0.1) is 0 Å². The van der Waals surface area contributed by atoms with E-state index in [1.807, 2.05) is 25.1 Å². The molecular formula is C12H8Br2ClNO. The Morgan fingerprint density at radius 3 is 2.65 bits per heavy atom. The van der Waals surface area contributed by atoms with Crippen molar-refractivity contribution in [2.24, 2.45) is 0 Å². The monoisotopic (exact) mass is 375 g/mol. The van der Waals surface area contributed by atoms with Gasteiger partial charge in [0.15, 0.2) is 0 Å². The Kier molecular flexibility index (Phi) is 4.07. The molecule has 0 N–H and O–H groups in total. The lowest BCUT2D eigenvalue weighted by atomic mass is 10.2. The Hall–Kier alpha value is -0.580. The van der Waals surface area contributed by atoms with E-state index in [0.717, 1.165) is 14.5 Å². The summed E-state index contributed by atoms with van der Waals surface area (Å²) in [6.45, 7) is 1.99. The van der Waals surface area contributed by atoms with Crippen LogP contribution in [0.25, 0.3) is 0 Å². The molecule has 0 atom stereocenters. The summed E-state index contributed by atoms with van der Waals surface area (Å²) >= 11 is 12.8. The molecule has 0 saturated carbocycles. The van der Waals surface area contributed by atoms with Crippen molar-refractivity contribution in [3.05, 3.63) is 50.0 Å². The summed E-state index contributed by atoms with van der Waals surface area (Å²) in [5, 5.41) is 0.472. The molecule has 17 heavy (non-hydrogen) atoms. The van der Waals surface area contributed by atoms with Crippen molar-refractivity contribution in [1.29, 1.82) is 0 Å². The minimum atomic E-state index is 0.400. The van der Waals surface area contributed by atoms with E-state index in [9.17, 15) is 0 Å². The lowest BCUT2D eigenvalue weighted by Crippen LogP contribution is -1.89. The highest BCUT2D eigenvalue weighted by Crippen LogP contribution is 2.30. The molecule has 0 unspecified atom stereocenters. The molecule has 0 radical (unpaired) electrons. The second kappa shape index (κ2) is 5.38. The molecule has 88 valence electrons. The van der Waals surface area contributed by atoms with Crippen molar-refractivity contribution < 1.29 is 4.74 Å². The molecule has 0 fully saturated rings. The van der Waals surface area contributed by atoms with Gasteiger partial charge in [-0.25, -0.2) is 4.98 Å². The van der Waals surface area contributed by atoms with Crippen LogP contribution in [0.3, 0.4) is 0 Å². The van der Waals surface area contributed by atoms with Gasteiger partial charge in [-0.15, -0.1) is 0 Å². The fraction of sp³-hybridized carbons (Fsp3) is 0.0833. The number of pyridine rings is 1. The van der Waals surface area contributed by atoms with Gasteiger partial charge in [-0.3, -0.25) is 0 Å². The second-order valence-electron chi connectivity index (χ2n) is 3.45. The van der Waals surface area contributed by atoms with Gasteiger partial charge in [-0.1, -0.05) is 27.5 Å². The third-order valence-corrected chi connectivity index (χ3v) is 3.71.